The van der Waals surface area contributed by atoms with Gasteiger partial charge in [0, 0.05) is 26.6 Å². The van der Waals surface area contributed by atoms with Crippen molar-refractivity contribution >= 4 is 63.4 Å². The Hall–Kier alpha value is -4.85. The number of amides is 2. The van der Waals surface area contributed by atoms with Crippen LogP contribution < -0.4 is 4.90 Å². The molecule has 5 aromatic rings. The predicted molar refractivity (Wildman–Crippen MR) is 161 cm³/mol. The first kappa shape index (κ1) is 27.3. The average molecular weight is 595 g/mol. The van der Waals surface area contributed by atoms with E-state index in [9.17, 15) is 19.2 Å². The molecule has 1 aliphatic rings. The van der Waals surface area contributed by atoms with Crippen molar-refractivity contribution in [1.82, 2.24) is 4.98 Å². The zero-order valence-electron chi connectivity index (χ0n) is 22.1. The van der Waals surface area contributed by atoms with Crippen molar-refractivity contribution in [3.8, 4) is 11.3 Å². The number of carbonyl (C=O) groups is 4. The highest BCUT2D eigenvalue weighted by Crippen LogP contribution is 2.33. The quantitative estimate of drug-likeness (QED) is 0.116. The number of rotatable bonds is 6. The van der Waals surface area contributed by atoms with Crippen LogP contribution in [0, 0.1) is 6.92 Å². The van der Waals surface area contributed by atoms with E-state index in [1.54, 1.807) is 97.9 Å². The summed E-state index contributed by atoms with van der Waals surface area (Å²) in [4.78, 5) is 57.6. The summed E-state index contributed by atoms with van der Waals surface area (Å²) >= 11 is 12.3. The van der Waals surface area contributed by atoms with Crippen molar-refractivity contribution in [2.24, 2.45) is 0 Å². The zero-order chi connectivity index (χ0) is 29.5. The molecule has 2 heterocycles. The maximum Gasteiger partial charge on any atom is 0.339 e. The molecule has 0 saturated heterocycles. The molecule has 0 atom stereocenters. The van der Waals surface area contributed by atoms with Crippen LogP contribution in [0.2, 0.25) is 10.0 Å². The summed E-state index contributed by atoms with van der Waals surface area (Å²) in [5.74, 6) is -1.86. The number of benzene rings is 4. The predicted octanol–water partition coefficient (Wildman–Crippen LogP) is 7.36. The molecule has 0 spiro atoms. The summed E-state index contributed by atoms with van der Waals surface area (Å²) < 4.78 is 5.42. The number of ether oxygens (including phenoxy) is 1. The number of esters is 1. The van der Waals surface area contributed by atoms with Crippen LogP contribution in [-0.4, -0.2) is 35.2 Å². The molecule has 6 rings (SSSR count). The van der Waals surface area contributed by atoms with Gasteiger partial charge in [-0.1, -0.05) is 53.5 Å². The van der Waals surface area contributed by atoms with Crippen LogP contribution in [-0.2, 0) is 4.74 Å². The van der Waals surface area contributed by atoms with Gasteiger partial charge < -0.3 is 4.74 Å². The van der Waals surface area contributed by atoms with E-state index in [0.29, 0.717) is 60.1 Å². The van der Waals surface area contributed by atoms with E-state index in [-0.39, 0.29) is 11.3 Å². The second-order valence-corrected chi connectivity index (χ2v) is 10.5. The SMILES string of the molecule is Cc1c(Cl)ccc2c(C(=O)OCC(=O)c3ccc(Cl)cc3)cc(-c3ccc(N4C(=O)c5ccccc5C4=O)cc3)nc12. The molecule has 0 saturated carbocycles. The molecule has 0 fully saturated rings. The third-order valence-corrected chi connectivity index (χ3v) is 7.77. The number of anilines is 1. The zero-order valence-corrected chi connectivity index (χ0v) is 23.6. The number of hydrogen-bond acceptors (Lipinski definition) is 6. The Balaban J connectivity index is 1.32. The highest BCUT2D eigenvalue weighted by Gasteiger charge is 2.36. The summed E-state index contributed by atoms with van der Waals surface area (Å²) in [6.07, 6.45) is 0. The lowest BCUT2D eigenvalue weighted by Crippen LogP contribution is -2.29. The normalized spacial score (nSPS) is 12.5. The molecule has 42 heavy (non-hydrogen) atoms. The van der Waals surface area contributed by atoms with E-state index in [2.05, 4.69) is 0 Å². The van der Waals surface area contributed by atoms with E-state index in [1.165, 1.54) is 0 Å². The number of carbonyl (C=O) groups excluding carboxylic acids is 4. The standard InChI is InChI=1S/C33H20Cl2N2O5/c1-18-27(35)15-14-23-26(33(41)42-17-29(38)20-6-10-21(34)11-7-20)16-28(36-30(18)23)19-8-12-22(13-9-19)37-31(39)24-4-2-3-5-25(24)32(37)40/h2-16H,17H2,1H3. The van der Waals surface area contributed by atoms with Crippen LogP contribution >= 0.6 is 23.2 Å². The van der Waals surface area contributed by atoms with Gasteiger partial charge in [0.15, 0.2) is 12.4 Å². The number of hydrogen-bond donors (Lipinski definition) is 0. The van der Waals surface area contributed by atoms with Crippen LogP contribution in [0.4, 0.5) is 5.69 Å². The average Bonchev–Trinajstić information content (AvgIpc) is 3.27. The Kier molecular flexibility index (Phi) is 7.06. The monoisotopic (exact) mass is 594 g/mol. The van der Waals surface area contributed by atoms with Gasteiger partial charge in [-0.25, -0.2) is 14.7 Å². The Morgan fingerprint density at radius 2 is 1.48 bits per heavy atom. The third-order valence-electron chi connectivity index (χ3n) is 7.10. The maximum atomic E-state index is 13.3. The second-order valence-electron chi connectivity index (χ2n) is 9.67. The molecule has 1 aromatic heterocycles. The Morgan fingerprint density at radius 1 is 0.833 bits per heavy atom. The fraction of sp³-hybridized carbons (Fsp3) is 0.0606. The summed E-state index contributed by atoms with van der Waals surface area (Å²) in [7, 11) is 0. The van der Waals surface area contributed by atoms with Crippen molar-refractivity contribution in [3.63, 3.8) is 0 Å². The van der Waals surface area contributed by atoms with E-state index in [0.717, 1.165) is 4.90 Å². The molecule has 0 aliphatic carbocycles. The number of imide groups is 1. The number of pyridine rings is 1. The van der Waals surface area contributed by atoms with E-state index in [1.807, 2.05) is 0 Å². The van der Waals surface area contributed by atoms with Crippen molar-refractivity contribution < 1.29 is 23.9 Å². The van der Waals surface area contributed by atoms with Crippen LogP contribution in [0.25, 0.3) is 22.2 Å². The number of Topliss-reactive ketones (excluding diaryl/α,β-unsaturated/α-hetero) is 1. The summed E-state index contributed by atoms with van der Waals surface area (Å²) in [5.41, 5.74) is 3.94. The van der Waals surface area contributed by atoms with E-state index in [4.69, 9.17) is 32.9 Å². The van der Waals surface area contributed by atoms with Crippen molar-refractivity contribution in [3.05, 3.63) is 129 Å². The van der Waals surface area contributed by atoms with Gasteiger partial charge in [0.1, 0.15) is 0 Å². The molecule has 206 valence electrons. The minimum Gasteiger partial charge on any atom is -0.454 e. The van der Waals surface area contributed by atoms with Crippen LogP contribution in [0.15, 0.2) is 91.0 Å². The van der Waals surface area contributed by atoms with Gasteiger partial charge in [0.05, 0.1) is 33.6 Å². The first-order valence-corrected chi connectivity index (χ1v) is 13.6. The molecule has 2 amide bonds. The van der Waals surface area contributed by atoms with Crippen LogP contribution in [0.1, 0.15) is 47.0 Å². The number of aromatic nitrogens is 1. The topological polar surface area (TPSA) is 93.6 Å². The van der Waals surface area contributed by atoms with E-state index >= 15 is 0 Å². The first-order chi connectivity index (χ1) is 20.2. The number of ketones is 1. The molecule has 0 bridgehead atoms. The molecular formula is C33H20Cl2N2O5. The Bertz CT molecular complexity index is 1900. The van der Waals surface area contributed by atoms with Crippen molar-refractivity contribution in [2.75, 3.05) is 11.5 Å². The molecule has 7 nitrogen and oxygen atoms in total. The minimum absolute atomic E-state index is 0.211. The molecular weight excluding hydrogens is 575 g/mol. The van der Waals surface area contributed by atoms with Crippen molar-refractivity contribution in [2.45, 2.75) is 6.92 Å². The van der Waals surface area contributed by atoms with E-state index < -0.39 is 24.4 Å². The van der Waals surface area contributed by atoms with Gasteiger partial charge in [-0.15, -0.1) is 0 Å². The van der Waals surface area contributed by atoms with Gasteiger partial charge in [-0.2, -0.15) is 0 Å². The Morgan fingerprint density at radius 3 is 2.12 bits per heavy atom. The number of halogens is 2. The number of fused-ring (bicyclic) bond motifs is 2. The van der Waals surface area contributed by atoms with Gasteiger partial charge >= 0.3 is 5.97 Å². The van der Waals surface area contributed by atoms with Gasteiger partial charge in [-0.3, -0.25) is 14.4 Å². The fourth-order valence-electron chi connectivity index (χ4n) is 4.85. The summed E-state index contributed by atoms with van der Waals surface area (Å²) in [5, 5.41) is 1.49. The molecule has 0 unspecified atom stereocenters. The van der Waals surface area contributed by atoms with Crippen LogP contribution in [0.5, 0.6) is 0 Å². The highest BCUT2D eigenvalue weighted by molar-refractivity contribution is 6.34. The molecule has 4 aromatic carbocycles. The van der Waals surface area contributed by atoms with Crippen molar-refractivity contribution in [1.29, 1.82) is 0 Å². The smallest absolute Gasteiger partial charge is 0.339 e. The van der Waals surface area contributed by atoms with Gasteiger partial charge in [0.2, 0.25) is 0 Å². The molecule has 9 heteroatoms. The minimum atomic E-state index is -0.699. The van der Waals surface area contributed by atoms with Crippen LogP contribution in [0.3, 0.4) is 0 Å². The maximum absolute atomic E-state index is 13.3. The second kappa shape index (κ2) is 10.9. The lowest BCUT2D eigenvalue weighted by atomic mass is 10.0. The summed E-state index contributed by atoms with van der Waals surface area (Å²) in [6.45, 7) is 1.34. The highest BCUT2D eigenvalue weighted by atomic mass is 35.5. The third kappa shape index (κ3) is 4.83. The lowest BCUT2D eigenvalue weighted by molar-refractivity contribution is 0.0476. The largest absolute Gasteiger partial charge is 0.454 e. The fourth-order valence-corrected chi connectivity index (χ4v) is 5.13. The summed E-state index contributed by atoms with van der Waals surface area (Å²) in [6, 6.07) is 24.7. The first-order valence-electron chi connectivity index (χ1n) is 12.9. The molecule has 0 radical (unpaired) electrons. The molecule has 1 aliphatic heterocycles. The molecule has 0 N–H and O–H groups in total. The van der Waals surface area contributed by atoms with Gasteiger partial charge in [-0.05, 0) is 73.2 Å². The lowest BCUT2D eigenvalue weighted by Gasteiger charge is -2.15. The Labute approximate surface area is 250 Å². The number of aryl methyl sites for hydroxylation is 1. The number of nitrogens with zero attached hydrogens (tertiary/aromatic N) is 2. The van der Waals surface area contributed by atoms with Gasteiger partial charge in [0.25, 0.3) is 11.8 Å².